The predicted octanol–water partition coefficient (Wildman–Crippen LogP) is 3.26. The average Bonchev–Trinajstić information content (AvgIpc) is 2.35. The highest BCUT2D eigenvalue weighted by Crippen LogP contribution is 2.17. The van der Waals surface area contributed by atoms with E-state index in [1.54, 1.807) is 0 Å². The average molecular weight is 327 g/mol. The van der Waals surface area contributed by atoms with E-state index >= 15 is 0 Å². The second-order valence-corrected chi connectivity index (χ2v) is 6.11. The van der Waals surface area contributed by atoms with Crippen LogP contribution >= 0.6 is 15.9 Å². The van der Waals surface area contributed by atoms with Gasteiger partial charge in [0.2, 0.25) is 5.91 Å². The normalized spacial score (nSPS) is 12.5. The summed E-state index contributed by atoms with van der Waals surface area (Å²) in [6.07, 6.45) is 1.02. The van der Waals surface area contributed by atoms with Crippen LogP contribution in [0.25, 0.3) is 0 Å². The molecule has 0 fully saturated rings. The van der Waals surface area contributed by atoms with E-state index in [0.29, 0.717) is 12.5 Å². The molecule has 0 aliphatic carbocycles. The maximum atomic E-state index is 11.6. The molecule has 0 saturated heterocycles. The number of hydrogen-bond acceptors (Lipinski definition) is 2. The van der Waals surface area contributed by atoms with Crippen molar-refractivity contribution >= 4 is 21.8 Å². The van der Waals surface area contributed by atoms with Crippen molar-refractivity contribution in [2.24, 2.45) is 5.92 Å². The minimum absolute atomic E-state index is 0.0579. The number of halogens is 1. The summed E-state index contributed by atoms with van der Waals surface area (Å²) in [5, 5.41) is 6.15. The lowest BCUT2D eigenvalue weighted by Crippen LogP contribution is -2.35. The van der Waals surface area contributed by atoms with Gasteiger partial charge in [-0.1, -0.05) is 41.9 Å². The number of nitrogens with one attached hydrogen (secondary N) is 2. The van der Waals surface area contributed by atoms with Crippen molar-refractivity contribution < 1.29 is 4.79 Å². The van der Waals surface area contributed by atoms with Crippen LogP contribution in [-0.4, -0.2) is 19.0 Å². The van der Waals surface area contributed by atoms with Gasteiger partial charge in [-0.25, -0.2) is 0 Å². The van der Waals surface area contributed by atoms with Gasteiger partial charge in [0.25, 0.3) is 0 Å². The lowest BCUT2D eigenvalue weighted by atomic mass is 10.1. The molecule has 19 heavy (non-hydrogen) atoms. The van der Waals surface area contributed by atoms with Crippen LogP contribution in [0.4, 0.5) is 0 Å². The van der Waals surface area contributed by atoms with Crippen LogP contribution in [0.1, 0.15) is 38.8 Å². The second kappa shape index (κ2) is 8.33. The fraction of sp³-hybridized carbons (Fsp3) is 0.533. The highest BCUT2D eigenvalue weighted by Gasteiger charge is 2.07. The molecule has 4 heteroatoms. The summed E-state index contributed by atoms with van der Waals surface area (Å²) in [5.74, 6) is 0.677. The van der Waals surface area contributed by atoms with Crippen LogP contribution in [0.15, 0.2) is 28.7 Å². The Morgan fingerprint density at radius 3 is 2.68 bits per heavy atom. The molecular weight excluding hydrogens is 304 g/mol. The van der Waals surface area contributed by atoms with E-state index in [-0.39, 0.29) is 11.9 Å². The van der Waals surface area contributed by atoms with Crippen LogP contribution in [0.2, 0.25) is 0 Å². The van der Waals surface area contributed by atoms with Gasteiger partial charge in [-0.3, -0.25) is 4.79 Å². The predicted molar refractivity (Wildman–Crippen MR) is 83.0 cm³/mol. The fourth-order valence-electron chi connectivity index (χ4n) is 1.70. The Bertz CT molecular complexity index is 407. The van der Waals surface area contributed by atoms with Gasteiger partial charge < -0.3 is 10.6 Å². The molecule has 2 N–H and O–H groups in total. The van der Waals surface area contributed by atoms with E-state index in [0.717, 1.165) is 17.4 Å². The number of hydrogen-bond donors (Lipinski definition) is 2. The summed E-state index contributed by atoms with van der Waals surface area (Å²) in [6.45, 7) is 7.47. The number of carbonyl (C=O) groups excluding carboxylic acids is 1. The zero-order valence-electron chi connectivity index (χ0n) is 11.9. The van der Waals surface area contributed by atoms with E-state index in [9.17, 15) is 4.79 Å². The van der Waals surface area contributed by atoms with E-state index in [4.69, 9.17) is 0 Å². The van der Waals surface area contributed by atoms with Gasteiger partial charge in [-0.2, -0.15) is 0 Å². The molecule has 0 heterocycles. The minimum Gasteiger partial charge on any atom is -0.355 e. The highest BCUT2D eigenvalue weighted by atomic mass is 79.9. The van der Waals surface area contributed by atoms with Crippen molar-refractivity contribution in [1.82, 2.24) is 10.6 Å². The molecule has 0 aliphatic heterocycles. The van der Waals surface area contributed by atoms with Crippen molar-refractivity contribution in [2.75, 3.05) is 13.1 Å². The van der Waals surface area contributed by atoms with Crippen LogP contribution in [0, 0.1) is 5.92 Å². The van der Waals surface area contributed by atoms with Gasteiger partial charge >= 0.3 is 0 Å². The van der Waals surface area contributed by atoms with Crippen LogP contribution < -0.4 is 10.6 Å². The number of benzene rings is 1. The number of amides is 1. The van der Waals surface area contributed by atoms with Crippen LogP contribution in [0.5, 0.6) is 0 Å². The van der Waals surface area contributed by atoms with Crippen molar-refractivity contribution in [3.05, 3.63) is 34.3 Å². The maximum absolute atomic E-state index is 11.6. The molecule has 1 rings (SSSR count). The monoisotopic (exact) mass is 326 g/mol. The number of carbonyl (C=O) groups is 1. The largest absolute Gasteiger partial charge is 0.355 e. The minimum atomic E-state index is 0.0579. The molecule has 1 atom stereocenters. The van der Waals surface area contributed by atoms with Gasteiger partial charge in [0, 0.05) is 17.1 Å². The molecule has 1 aromatic carbocycles. The van der Waals surface area contributed by atoms with E-state index in [2.05, 4.69) is 59.5 Å². The Hall–Kier alpha value is -0.870. The molecule has 0 saturated carbocycles. The first-order valence-corrected chi connectivity index (χ1v) is 7.54. The highest BCUT2D eigenvalue weighted by molar-refractivity contribution is 9.10. The molecule has 0 unspecified atom stereocenters. The molecule has 1 amide bonds. The standard InChI is InChI=1S/C15H23BrN2O/c1-11(2)7-8-17-15(19)10-18-12(3)13-5-4-6-14(16)9-13/h4-6,9,11-12,18H,7-8,10H2,1-3H3,(H,17,19)/t12-/m0/s1. The van der Waals surface area contributed by atoms with Gasteiger partial charge in [0.05, 0.1) is 6.54 Å². The van der Waals surface area contributed by atoms with E-state index < -0.39 is 0 Å². The van der Waals surface area contributed by atoms with Gasteiger partial charge in [0.15, 0.2) is 0 Å². The second-order valence-electron chi connectivity index (χ2n) is 5.19. The molecule has 0 aliphatic rings. The van der Waals surface area contributed by atoms with Crippen LogP contribution in [-0.2, 0) is 4.79 Å². The Morgan fingerprint density at radius 2 is 2.05 bits per heavy atom. The van der Waals surface area contributed by atoms with Gasteiger partial charge in [-0.05, 0) is 37.0 Å². The molecule has 0 aromatic heterocycles. The smallest absolute Gasteiger partial charge is 0.233 e. The summed E-state index contributed by atoms with van der Waals surface area (Å²) >= 11 is 3.45. The van der Waals surface area contributed by atoms with Crippen molar-refractivity contribution in [2.45, 2.75) is 33.2 Å². The lowest BCUT2D eigenvalue weighted by molar-refractivity contribution is -0.120. The summed E-state index contributed by atoms with van der Waals surface area (Å²) in [5.41, 5.74) is 1.17. The molecule has 0 radical (unpaired) electrons. The fourth-order valence-corrected chi connectivity index (χ4v) is 2.12. The molecule has 1 aromatic rings. The molecule has 0 bridgehead atoms. The summed E-state index contributed by atoms with van der Waals surface area (Å²) in [7, 11) is 0. The zero-order chi connectivity index (χ0) is 14.3. The first-order valence-electron chi connectivity index (χ1n) is 6.74. The summed E-state index contributed by atoms with van der Waals surface area (Å²) < 4.78 is 1.06. The molecule has 0 spiro atoms. The Labute approximate surface area is 124 Å². The third-order valence-electron chi connectivity index (χ3n) is 2.96. The lowest BCUT2D eigenvalue weighted by Gasteiger charge is -2.14. The number of rotatable bonds is 7. The quantitative estimate of drug-likeness (QED) is 0.807. The van der Waals surface area contributed by atoms with Crippen molar-refractivity contribution in [1.29, 1.82) is 0 Å². The Kier molecular flexibility index (Phi) is 7.10. The van der Waals surface area contributed by atoms with Crippen molar-refractivity contribution in [3.63, 3.8) is 0 Å². The zero-order valence-corrected chi connectivity index (χ0v) is 13.5. The summed E-state index contributed by atoms with van der Waals surface area (Å²) in [4.78, 5) is 11.6. The third kappa shape index (κ3) is 6.73. The first-order chi connectivity index (χ1) is 8.99. The van der Waals surface area contributed by atoms with Gasteiger partial charge in [-0.15, -0.1) is 0 Å². The Balaban J connectivity index is 2.30. The maximum Gasteiger partial charge on any atom is 0.233 e. The molecule has 106 valence electrons. The first kappa shape index (κ1) is 16.2. The SMILES string of the molecule is CC(C)CCNC(=O)CN[C@@H](C)c1cccc(Br)c1. The van der Waals surface area contributed by atoms with Gasteiger partial charge in [0.1, 0.15) is 0 Å². The third-order valence-corrected chi connectivity index (χ3v) is 3.45. The summed E-state index contributed by atoms with van der Waals surface area (Å²) in [6, 6.07) is 8.27. The van der Waals surface area contributed by atoms with E-state index in [1.807, 2.05) is 12.1 Å². The molecular formula is C15H23BrN2O. The van der Waals surface area contributed by atoms with Crippen molar-refractivity contribution in [3.8, 4) is 0 Å². The van der Waals surface area contributed by atoms with Crippen LogP contribution in [0.3, 0.4) is 0 Å². The topological polar surface area (TPSA) is 41.1 Å². The van der Waals surface area contributed by atoms with E-state index in [1.165, 1.54) is 5.56 Å². The molecule has 3 nitrogen and oxygen atoms in total. The Morgan fingerprint density at radius 1 is 1.32 bits per heavy atom.